The fourth-order valence-corrected chi connectivity index (χ4v) is 2.90. The molecule has 1 saturated heterocycles. The Bertz CT molecular complexity index is 651. The van der Waals surface area contributed by atoms with Crippen LogP contribution in [0.1, 0.15) is 18.4 Å². The molecule has 5 heteroatoms. The summed E-state index contributed by atoms with van der Waals surface area (Å²) in [6.07, 6.45) is 8.21. The van der Waals surface area contributed by atoms with E-state index < -0.39 is 0 Å². The van der Waals surface area contributed by atoms with Gasteiger partial charge in [-0.2, -0.15) is 0 Å². The fourth-order valence-electron chi connectivity index (χ4n) is 2.90. The Morgan fingerprint density at radius 3 is 2.75 bits per heavy atom. The first kappa shape index (κ1) is 16.5. The molecule has 0 aliphatic carbocycles. The quantitative estimate of drug-likeness (QED) is 0.885. The van der Waals surface area contributed by atoms with Crippen LogP contribution < -0.4 is 10.1 Å². The van der Waals surface area contributed by atoms with E-state index in [-0.39, 0.29) is 0 Å². The Kier molecular flexibility index (Phi) is 5.80. The highest BCUT2D eigenvalue weighted by atomic mass is 16.5. The second-order valence-electron chi connectivity index (χ2n) is 5.98. The average Bonchev–Trinajstić information content (AvgIpc) is 2.64. The number of benzene rings is 1. The molecule has 0 spiro atoms. The summed E-state index contributed by atoms with van der Waals surface area (Å²) in [6, 6.07) is 12.7. The van der Waals surface area contributed by atoms with Crippen LogP contribution in [0.4, 0.5) is 5.82 Å². The van der Waals surface area contributed by atoms with Gasteiger partial charge in [-0.3, -0.25) is 4.90 Å². The van der Waals surface area contributed by atoms with Crippen molar-refractivity contribution in [3.05, 3.63) is 54.4 Å². The van der Waals surface area contributed by atoms with Gasteiger partial charge in [0.25, 0.3) is 0 Å². The van der Waals surface area contributed by atoms with Gasteiger partial charge in [-0.05, 0) is 18.4 Å². The second-order valence-corrected chi connectivity index (χ2v) is 5.98. The summed E-state index contributed by atoms with van der Waals surface area (Å²) in [4.78, 5) is 10.8. The fraction of sp³-hybridized carbons (Fsp3) is 0.368. The number of ether oxygens (including phenoxy) is 1. The highest BCUT2D eigenvalue weighted by Crippen LogP contribution is 2.17. The summed E-state index contributed by atoms with van der Waals surface area (Å²) in [5.41, 5.74) is 1.26. The largest absolute Gasteiger partial charge is 0.481 e. The normalized spacial score (nSPS) is 16.4. The van der Waals surface area contributed by atoms with Gasteiger partial charge in [-0.15, -0.1) is 0 Å². The van der Waals surface area contributed by atoms with Crippen molar-refractivity contribution in [3.8, 4) is 5.88 Å². The molecule has 1 aromatic heterocycles. The number of aromatic nitrogens is 2. The van der Waals surface area contributed by atoms with E-state index in [9.17, 15) is 0 Å². The van der Waals surface area contributed by atoms with E-state index in [4.69, 9.17) is 4.74 Å². The van der Waals surface area contributed by atoms with Gasteiger partial charge >= 0.3 is 0 Å². The average molecular weight is 324 g/mol. The monoisotopic (exact) mass is 324 g/mol. The smallest absolute Gasteiger partial charge is 0.218 e. The van der Waals surface area contributed by atoms with E-state index in [1.165, 1.54) is 11.9 Å². The molecule has 1 aromatic carbocycles. The van der Waals surface area contributed by atoms with Crippen LogP contribution in [0.15, 0.2) is 48.8 Å². The number of methoxy groups -OCH3 is 1. The van der Waals surface area contributed by atoms with Gasteiger partial charge in [0.05, 0.1) is 7.11 Å². The molecule has 1 aliphatic heterocycles. The highest BCUT2D eigenvalue weighted by molar-refractivity contribution is 5.48. The van der Waals surface area contributed by atoms with Crippen molar-refractivity contribution >= 4 is 11.9 Å². The van der Waals surface area contributed by atoms with Gasteiger partial charge in [0, 0.05) is 31.7 Å². The molecular formula is C19H24N4O. The lowest BCUT2D eigenvalue weighted by Crippen LogP contribution is -2.39. The number of anilines is 1. The third-order valence-electron chi connectivity index (χ3n) is 4.26. The zero-order chi connectivity index (χ0) is 16.6. The molecule has 0 atom stereocenters. The van der Waals surface area contributed by atoms with Crippen LogP contribution >= 0.6 is 0 Å². The third kappa shape index (κ3) is 4.80. The molecule has 2 heterocycles. The number of nitrogens with zero attached hydrogens (tertiary/aromatic N) is 3. The summed E-state index contributed by atoms with van der Waals surface area (Å²) >= 11 is 0. The molecule has 3 rings (SSSR count). The molecular weight excluding hydrogens is 300 g/mol. The molecule has 0 unspecified atom stereocenters. The molecule has 0 amide bonds. The number of rotatable bonds is 6. The van der Waals surface area contributed by atoms with Crippen LogP contribution in [0.2, 0.25) is 0 Å². The number of hydrogen-bond donors (Lipinski definition) is 1. The van der Waals surface area contributed by atoms with Crippen molar-refractivity contribution in [2.24, 2.45) is 0 Å². The molecule has 0 radical (unpaired) electrons. The molecule has 2 aromatic rings. The van der Waals surface area contributed by atoms with Crippen LogP contribution in [-0.2, 0) is 0 Å². The molecule has 0 bridgehead atoms. The number of likely N-dealkylation sites (tertiary alicyclic amines) is 1. The highest BCUT2D eigenvalue weighted by Gasteiger charge is 2.18. The van der Waals surface area contributed by atoms with Crippen molar-refractivity contribution < 1.29 is 4.74 Å². The van der Waals surface area contributed by atoms with Crippen molar-refractivity contribution in [1.29, 1.82) is 0 Å². The van der Waals surface area contributed by atoms with Gasteiger partial charge in [-0.25, -0.2) is 9.97 Å². The van der Waals surface area contributed by atoms with Crippen molar-refractivity contribution in [3.63, 3.8) is 0 Å². The Balaban J connectivity index is 1.43. The lowest BCUT2D eigenvalue weighted by molar-refractivity contribution is 0.240. The predicted molar refractivity (Wildman–Crippen MR) is 97.1 cm³/mol. The minimum atomic E-state index is 0.457. The minimum Gasteiger partial charge on any atom is -0.481 e. The van der Waals surface area contributed by atoms with Crippen LogP contribution in [0.5, 0.6) is 5.88 Å². The van der Waals surface area contributed by atoms with E-state index in [2.05, 4.69) is 56.6 Å². The molecule has 126 valence electrons. The van der Waals surface area contributed by atoms with Crippen LogP contribution in [0.3, 0.4) is 0 Å². The molecule has 1 aliphatic rings. The van der Waals surface area contributed by atoms with Gasteiger partial charge in [-0.1, -0.05) is 42.5 Å². The van der Waals surface area contributed by atoms with E-state index in [0.29, 0.717) is 11.9 Å². The van der Waals surface area contributed by atoms with Gasteiger partial charge in [0.15, 0.2) is 0 Å². The van der Waals surface area contributed by atoms with Crippen molar-refractivity contribution in [1.82, 2.24) is 14.9 Å². The zero-order valence-electron chi connectivity index (χ0n) is 14.1. The van der Waals surface area contributed by atoms with Crippen molar-refractivity contribution in [2.45, 2.75) is 18.9 Å². The maximum Gasteiger partial charge on any atom is 0.218 e. The van der Waals surface area contributed by atoms with Gasteiger partial charge in [0.2, 0.25) is 5.88 Å². The van der Waals surface area contributed by atoms with E-state index in [0.717, 1.165) is 38.3 Å². The van der Waals surface area contributed by atoms with Crippen LogP contribution in [0, 0.1) is 0 Å². The van der Waals surface area contributed by atoms with Crippen LogP contribution in [-0.4, -0.2) is 47.7 Å². The lowest BCUT2D eigenvalue weighted by Gasteiger charge is -2.31. The summed E-state index contributed by atoms with van der Waals surface area (Å²) in [7, 11) is 1.62. The summed E-state index contributed by atoms with van der Waals surface area (Å²) in [6.45, 7) is 3.20. The molecule has 0 saturated carbocycles. The maximum atomic E-state index is 5.13. The summed E-state index contributed by atoms with van der Waals surface area (Å²) < 4.78 is 5.13. The van der Waals surface area contributed by atoms with Crippen LogP contribution in [0.25, 0.3) is 6.08 Å². The van der Waals surface area contributed by atoms with E-state index in [1.807, 2.05) is 12.1 Å². The summed E-state index contributed by atoms with van der Waals surface area (Å²) in [5.74, 6) is 1.43. The van der Waals surface area contributed by atoms with E-state index in [1.54, 1.807) is 7.11 Å². The first-order valence-corrected chi connectivity index (χ1v) is 8.40. The Hall–Kier alpha value is -2.40. The first-order chi connectivity index (χ1) is 11.8. The second kappa shape index (κ2) is 8.45. The van der Waals surface area contributed by atoms with E-state index >= 15 is 0 Å². The predicted octanol–water partition coefficient (Wildman–Crippen LogP) is 3.07. The Labute approximate surface area is 143 Å². The molecule has 1 N–H and O–H groups in total. The SMILES string of the molecule is COc1cc(NC2CCN(C/C=C/c3ccccc3)CC2)ncn1. The zero-order valence-corrected chi connectivity index (χ0v) is 14.1. The Morgan fingerprint density at radius 2 is 2.00 bits per heavy atom. The number of nitrogens with one attached hydrogen (secondary N) is 1. The summed E-state index contributed by atoms with van der Waals surface area (Å²) in [5, 5.41) is 3.48. The van der Waals surface area contributed by atoms with Gasteiger partial charge in [0.1, 0.15) is 12.1 Å². The van der Waals surface area contributed by atoms with Gasteiger partial charge < -0.3 is 10.1 Å². The lowest BCUT2D eigenvalue weighted by atomic mass is 10.0. The molecule has 24 heavy (non-hydrogen) atoms. The minimum absolute atomic E-state index is 0.457. The molecule has 5 nitrogen and oxygen atoms in total. The number of piperidine rings is 1. The Morgan fingerprint density at radius 1 is 1.21 bits per heavy atom. The van der Waals surface area contributed by atoms with Crippen molar-refractivity contribution in [2.75, 3.05) is 32.1 Å². The molecule has 1 fully saturated rings. The standard InChI is InChI=1S/C19H24N4O/c1-24-19-14-18(20-15-21-19)22-17-9-12-23(13-10-17)11-5-8-16-6-3-2-4-7-16/h2-8,14-15,17H,9-13H2,1H3,(H,20,21,22)/b8-5+. The topological polar surface area (TPSA) is 50.3 Å². The third-order valence-corrected chi connectivity index (χ3v) is 4.26. The first-order valence-electron chi connectivity index (χ1n) is 8.40. The number of hydrogen-bond acceptors (Lipinski definition) is 5. The maximum absolute atomic E-state index is 5.13.